The summed E-state index contributed by atoms with van der Waals surface area (Å²) < 4.78 is 0. The van der Waals surface area contributed by atoms with E-state index in [0.717, 1.165) is 16.8 Å². The van der Waals surface area contributed by atoms with Crippen LogP contribution in [0.15, 0.2) is 115 Å². The molecule has 1 N–H and O–H groups in total. The van der Waals surface area contributed by atoms with Gasteiger partial charge in [-0.05, 0) is 33.8 Å². The van der Waals surface area contributed by atoms with E-state index in [2.05, 4.69) is 117 Å². The van der Waals surface area contributed by atoms with E-state index in [4.69, 9.17) is 4.98 Å². The van der Waals surface area contributed by atoms with Crippen LogP contribution in [0.5, 0.6) is 0 Å². The van der Waals surface area contributed by atoms with Crippen LogP contribution in [-0.4, -0.2) is 23.9 Å². The standard InChI is InChI=1S/C30H26NSi.C10H18O2.Ir/c1-32(2,3)30-20-26-17-18-28(31-29(26)21-27(30)23-13-8-5-9-14-23)25-16-10-15-24(19-25)22-11-6-4-7-12-22;1-7(2)8(11)6-9(12)10(3,4)5;/h4-15,17-21H,1-3H3;6-7,11H,1-5H3;/q-1;;/b;8-6-;. The minimum Gasteiger partial charge on any atom is -0.512 e. The molecule has 1 heterocycles. The number of aliphatic hydroxyl groups excluding tert-OH is 1. The second-order valence-corrected chi connectivity index (χ2v) is 18.6. The third-order valence-corrected chi connectivity index (χ3v) is 9.55. The van der Waals surface area contributed by atoms with Crippen molar-refractivity contribution < 1.29 is 30.0 Å². The normalized spacial score (nSPS) is 11.9. The molecule has 0 unspecified atom stereocenters. The predicted molar refractivity (Wildman–Crippen MR) is 190 cm³/mol. The Hall–Kier alpha value is -3.63. The van der Waals surface area contributed by atoms with E-state index >= 15 is 0 Å². The number of aliphatic hydroxyl groups is 1. The van der Waals surface area contributed by atoms with Crippen molar-refractivity contribution in [3.63, 3.8) is 0 Å². The smallest absolute Gasteiger partial charge is 0.164 e. The maximum Gasteiger partial charge on any atom is 0.164 e. The number of allylic oxidation sites excluding steroid dienone is 2. The first-order chi connectivity index (χ1) is 20.7. The fourth-order valence-electron chi connectivity index (χ4n) is 4.74. The number of ketones is 1. The van der Waals surface area contributed by atoms with Crippen molar-refractivity contribution in [2.75, 3.05) is 0 Å². The van der Waals surface area contributed by atoms with Crippen LogP contribution in [0.1, 0.15) is 34.6 Å². The summed E-state index contributed by atoms with van der Waals surface area (Å²) in [5.74, 6) is 0.153. The molecule has 45 heavy (non-hydrogen) atoms. The van der Waals surface area contributed by atoms with E-state index in [9.17, 15) is 9.90 Å². The van der Waals surface area contributed by atoms with E-state index in [1.807, 2.05) is 46.8 Å². The zero-order valence-corrected chi connectivity index (χ0v) is 31.0. The number of aromatic nitrogens is 1. The second-order valence-electron chi connectivity index (χ2n) is 13.6. The molecule has 0 saturated heterocycles. The van der Waals surface area contributed by atoms with Crippen LogP contribution in [0.25, 0.3) is 44.4 Å². The molecular formula is C40H44IrNO2Si-. The van der Waals surface area contributed by atoms with Gasteiger partial charge in [0.2, 0.25) is 0 Å². The number of carbonyl (C=O) groups excluding carboxylic acids is 1. The Bertz CT molecular complexity index is 1770. The van der Waals surface area contributed by atoms with Crippen LogP contribution >= 0.6 is 0 Å². The molecule has 5 heteroatoms. The number of hydrogen-bond donors (Lipinski definition) is 1. The van der Waals surface area contributed by atoms with Gasteiger partial charge in [-0.2, -0.15) is 0 Å². The molecule has 0 saturated carbocycles. The summed E-state index contributed by atoms with van der Waals surface area (Å²) in [6, 6.07) is 39.8. The molecule has 0 bridgehead atoms. The zero-order chi connectivity index (χ0) is 32.1. The Morgan fingerprint density at radius 2 is 1.42 bits per heavy atom. The van der Waals surface area contributed by atoms with Gasteiger partial charge in [0.05, 0.1) is 19.3 Å². The Balaban J connectivity index is 0.000000365. The number of hydrogen-bond acceptors (Lipinski definition) is 3. The van der Waals surface area contributed by atoms with E-state index in [1.54, 1.807) is 0 Å². The second kappa shape index (κ2) is 15.1. The van der Waals surface area contributed by atoms with Crippen LogP contribution in [0.2, 0.25) is 19.6 Å². The Morgan fingerprint density at radius 3 is 1.98 bits per heavy atom. The van der Waals surface area contributed by atoms with Crippen LogP contribution in [-0.2, 0) is 24.9 Å². The van der Waals surface area contributed by atoms with Crippen LogP contribution in [0.4, 0.5) is 0 Å². The van der Waals surface area contributed by atoms with Gasteiger partial charge in [-0.25, -0.2) is 0 Å². The molecule has 0 spiro atoms. The van der Waals surface area contributed by atoms with Gasteiger partial charge >= 0.3 is 0 Å². The van der Waals surface area contributed by atoms with Crippen molar-refractivity contribution in [3.8, 4) is 33.5 Å². The van der Waals surface area contributed by atoms with Crippen LogP contribution in [0.3, 0.4) is 0 Å². The molecular weight excluding hydrogens is 747 g/mol. The summed E-state index contributed by atoms with van der Waals surface area (Å²) in [6.07, 6.45) is 1.32. The predicted octanol–water partition coefficient (Wildman–Crippen LogP) is 10.3. The quantitative estimate of drug-likeness (QED) is 0.0807. The van der Waals surface area contributed by atoms with Gasteiger partial charge in [0.25, 0.3) is 0 Å². The molecule has 3 nitrogen and oxygen atoms in total. The van der Waals surface area contributed by atoms with Crippen molar-refractivity contribution >= 4 is 29.9 Å². The molecule has 0 aliphatic carbocycles. The van der Waals surface area contributed by atoms with E-state index in [1.165, 1.54) is 38.9 Å². The molecule has 0 atom stereocenters. The van der Waals surface area contributed by atoms with E-state index < -0.39 is 13.5 Å². The topological polar surface area (TPSA) is 50.2 Å². The van der Waals surface area contributed by atoms with Crippen molar-refractivity contribution in [2.24, 2.45) is 11.3 Å². The van der Waals surface area contributed by atoms with Crippen LogP contribution < -0.4 is 5.19 Å². The number of nitrogens with zero attached hydrogens (tertiary/aromatic N) is 1. The first kappa shape index (κ1) is 35.8. The molecule has 4 aromatic carbocycles. The van der Waals surface area contributed by atoms with Crippen molar-refractivity contribution in [3.05, 3.63) is 121 Å². The molecule has 0 fully saturated rings. The van der Waals surface area contributed by atoms with Gasteiger partial charge in [-0.15, -0.1) is 35.4 Å². The number of pyridine rings is 1. The zero-order valence-electron chi connectivity index (χ0n) is 27.6. The molecule has 5 aromatic rings. The SMILES string of the molecule is CC(C)/C(O)=C/C(=O)C(C)(C)C.C[Si](C)(C)c1cc2ccc(-c3[c-]ccc(-c4ccccc4)c3)nc2cc1-c1ccccc1.[Ir]. The molecule has 1 radical (unpaired) electrons. The first-order valence-corrected chi connectivity index (χ1v) is 18.8. The van der Waals surface area contributed by atoms with Gasteiger partial charge < -0.3 is 5.11 Å². The summed E-state index contributed by atoms with van der Waals surface area (Å²) in [6.45, 7) is 16.4. The van der Waals surface area contributed by atoms with Crippen molar-refractivity contribution in [2.45, 2.75) is 54.3 Å². The summed E-state index contributed by atoms with van der Waals surface area (Å²) in [7, 11) is -1.53. The summed E-state index contributed by atoms with van der Waals surface area (Å²) in [4.78, 5) is 16.4. The largest absolute Gasteiger partial charge is 0.512 e. The van der Waals surface area contributed by atoms with E-state index in [0.29, 0.717) is 0 Å². The van der Waals surface area contributed by atoms with Gasteiger partial charge in [-0.3, -0.25) is 9.78 Å². The van der Waals surface area contributed by atoms with Gasteiger partial charge in [0, 0.05) is 37.5 Å². The Morgan fingerprint density at radius 1 is 0.822 bits per heavy atom. The fourth-order valence-corrected chi connectivity index (χ4v) is 6.35. The molecule has 235 valence electrons. The summed E-state index contributed by atoms with van der Waals surface area (Å²) in [5, 5.41) is 12.0. The summed E-state index contributed by atoms with van der Waals surface area (Å²) >= 11 is 0. The minimum atomic E-state index is -1.53. The maximum absolute atomic E-state index is 11.3. The maximum atomic E-state index is 11.3. The van der Waals surface area contributed by atoms with Gasteiger partial charge in [0.15, 0.2) is 5.78 Å². The van der Waals surface area contributed by atoms with Crippen molar-refractivity contribution in [1.29, 1.82) is 0 Å². The average Bonchev–Trinajstić information content (AvgIpc) is 3.00. The minimum absolute atomic E-state index is 0. The molecule has 0 aliphatic heterocycles. The molecule has 0 aliphatic rings. The first-order valence-electron chi connectivity index (χ1n) is 15.3. The third kappa shape index (κ3) is 9.43. The number of benzene rings is 4. The molecule has 5 rings (SSSR count). The van der Waals surface area contributed by atoms with Crippen LogP contribution in [0, 0.1) is 17.4 Å². The third-order valence-electron chi connectivity index (χ3n) is 7.52. The van der Waals surface area contributed by atoms with Gasteiger partial charge in [0.1, 0.15) is 0 Å². The number of carbonyl (C=O) groups is 1. The van der Waals surface area contributed by atoms with E-state index in [-0.39, 0.29) is 37.6 Å². The monoisotopic (exact) mass is 791 g/mol. The van der Waals surface area contributed by atoms with Gasteiger partial charge in [-0.1, -0.05) is 138 Å². The van der Waals surface area contributed by atoms with Crippen molar-refractivity contribution in [1.82, 2.24) is 4.98 Å². The summed E-state index contributed by atoms with van der Waals surface area (Å²) in [5.41, 5.74) is 7.55. The Labute approximate surface area is 283 Å². The Kier molecular flexibility index (Phi) is 12.0. The molecule has 0 amide bonds. The number of fused-ring (bicyclic) bond motifs is 1. The number of rotatable bonds is 6. The average molecular weight is 791 g/mol. The fraction of sp³-hybridized carbons (Fsp3) is 0.250. The molecule has 1 aromatic heterocycles.